The molecule has 4 nitrogen and oxygen atoms in total. The Balaban J connectivity index is 1.73. The number of rotatable bonds is 4. The minimum atomic E-state index is 0.117. The lowest BCUT2D eigenvalue weighted by Crippen LogP contribution is -2.49. The van der Waals surface area contributed by atoms with Crippen molar-refractivity contribution in [2.24, 2.45) is 0 Å². The fourth-order valence-electron chi connectivity index (χ4n) is 3.19. The summed E-state index contributed by atoms with van der Waals surface area (Å²) >= 11 is 0. The Labute approximate surface area is 104 Å². The lowest BCUT2D eigenvalue weighted by Gasteiger charge is -2.36. The third-order valence-corrected chi connectivity index (χ3v) is 4.10. The Bertz CT molecular complexity index is 266. The minimum absolute atomic E-state index is 0.117. The monoisotopic (exact) mass is 239 g/mol. The lowest BCUT2D eigenvalue weighted by atomic mass is 9.98. The van der Waals surface area contributed by atoms with Gasteiger partial charge in [-0.25, -0.2) is 0 Å². The highest BCUT2D eigenvalue weighted by molar-refractivity contribution is 5.78. The molecule has 4 heteroatoms. The number of carbonyl (C=O) groups excluding carboxylic acids is 1. The molecule has 0 radical (unpaired) electrons. The van der Waals surface area contributed by atoms with Gasteiger partial charge < -0.3 is 15.5 Å². The topological polar surface area (TPSA) is 44.4 Å². The van der Waals surface area contributed by atoms with E-state index in [1.165, 1.54) is 25.7 Å². The van der Waals surface area contributed by atoms with E-state index in [0.717, 1.165) is 12.1 Å². The molecular weight excluding hydrogens is 214 g/mol. The Morgan fingerprint density at radius 3 is 2.41 bits per heavy atom. The summed E-state index contributed by atoms with van der Waals surface area (Å²) in [5.74, 6) is 0.117. The van der Waals surface area contributed by atoms with Gasteiger partial charge in [-0.1, -0.05) is 0 Å². The summed E-state index contributed by atoms with van der Waals surface area (Å²) in [6, 6.07) is 2.23. The van der Waals surface area contributed by atoms with E-state index in [1.807, 2.05) is 13.8 Å². The number of fused-ring (bicyclic) bond motifs is 2. The van der Waals surface area contributed by atoms with Gasteiger partial charge in [0.2, 0.25) is 5.91 Å². The van der Waals surface area contributed by atoms with Crippen LogP contribution < -0.4 is 10.6 Å². The molecule has 2 N–H and O–H groups in total. The van der Waals surface area contributed by atoms with Gasteiger partial charge in [-0.15, -0.1) is 0 Å². The van der Waals surface area contributed by atoms with E-state index in [2.05, 4.69) is 22.6 Å². The van der Waals surface area contributed by atoms with Crippen LogP contribution in [-0.2, 0) is 4.79 Å². The van der Waals surface area contributed by atoms with Crippen molar-refractivity contribution in [1.29, 1.82) is 0 Å². The molecule has 98 valence electrons. The van der Waals surface area contributed by atoms with Gasteiger partial charge in [-0.3, -0.25) is 4.79 Å². The normalized spacial score (nSPS) is 33.1. The molecule has 0 aliphatic carbocycles. The molecule has 0 aromatic carbocycles. The molecule has 2 unspecified atom stereocenters. The maximum Gasteiger partial charge on any atom is 0.234 e. The maximum absolute atomic E-state index is 11.6. The van der Waals surface area contributed by atoms with Gasteiger partial charge in [0.15, 0.2) is 0 Å². The first-order valence-electron chi connectivity index (χ1n) is 6.81. The molecule has 2 rings (SSSR count). The number of nitrogens with zero attached hydrogens (tertiary/aromatic N) is 1. The van der Waals surface area contributed by atoms with Crippen LogP contribution in [0.3, 0.4) is 0 Å². The molecular formula is C13H25N3O. The number of nitrogens with one attached hydrogen (secondary N) is 2. The van der Waals surface area contributed by atoms with Crippen LogP contribution in [0.2, 0.25) is 0 Å². The van der Waals surface area contributed by atoms with Gasteiger partial charge >= 0.3 is 0 Å². The molecule has 1 amide bonds. The van der Waals surface area contributed by atoms with Crippen LogP contribution >= 0.6 is 0 Å². The van der Waals surface area contributed by atoms with Crippen molar-refractivity contribution >= 4 is 5.91 Å². The van der Waals surface area contributed by atoms with Crippen LogP contribution in [0.4, 0.5) is 0 Å². The summed E-state index contributed by atoms with van der Waals surface area (Å²) in [4.78, 5) is 14.1. The first kappa shape index (κ1) is 12.8. The second kappa shape index (κ2) is 5.36. The molecule has 2 bridgehead atoms. The van der Waals surface area contributed by atoms with Crippen LogP contribution in [0.15, 0.2) is 0 Å². The molecule has 17 heavy (non-hydrogen) atoms. The van der Waals surface area contributed by atoms with Crippen molar-refractivity contribution in [2.75, 3.05) is 13.6 Å². The summed E-state index contributed by atoms with van der Waals surface area (Å²) < 4.78 is 0. The second-order valence-corrected chi connectivity index (χ2v) is 5.82. The molecule has 2 fully saturated rings. The quantitative estimate of drug-likeness (QED) is 0.760. The molecule has 2 heterocycles. The van der Waals surface area contributed by atoms with Crippen LogP contribution in [0.5, 0.6) is 0 Å². The Morgan fingerprint density at radius 2 is 1.88 bits per heavy atom. The average Bonchev–Trinajstić information content (AvgIpc) is 2.51. The van der Waals surface area contributed by atoms with Crippen LogP contribution in [0.1, 0.15) is 39.5 Å². The zero-order valence-electron chi connectivity index (χ0n) is 11.2. The summed E-state index contributed by atoms with van der Waals surface area (Å²) in [6.45, 7) is 4.45. The third-order valence-electron chi connectivity index (χ3n) is 4.10. The van der Waals surface area contributed by atoms with E-state index >= 15 is 0 Å². The fourth-order valence-corrected chi connectivity index (χ4v) is 3.19. The number of piperidine rings is 1. The Morgan fingerprint density at radius 1 is 1.29 bits per heavy atom. The number of hydrogen-bond acceptors (Lipinski definition) is 3. The molecule has 2 saturated heterocycles. The first-order valence-corrected chi connectivity index (χ1v) is 6.81. The number of hydrogen-bond donors (Lipinski definition) is 2. The average molecular weight is 239 g/mol. The Kier molecular flexibility index (Phi) is 4.05. The zero-order valence-corrected chi connectivity index (χ0v) is 11.2. The third kappa shape index (κ3) is 3.19. The van der Waals surface area contributed by atoms with E-state index in [9.17, 15) is 4.79 Å². The molecule has 2 aliphatic rings. The van der Waals surface area contributed by atoms with E-state index in [0.29, 0.717) is 12.6 Å². The van der Waals surface area contributed by atoms with E-state index in [4.69, 9.17) is 0 Å². The van der Waals surface area contributed by atoms with E-state index in [-0.39, 0.29) is 11.9 Å². The standard InChI is InChI=1S/C13H25N3O/c1-9(2)15-13(17)8-14-10-6-11-4-5-12(7-10)16(11)3/h9-12,14H,4-8H2,1-3H3,(H,15,17). The van der Waals surface area contributed by atoms with Crippen LogP contribution in [-0.4, -0.2) is 48.6 Å². The van der Waals surface area contributed by atoms with Gasteiger partial charge in [0, 0.05) is 24.2 Å². The highest BCUT2D eigenvalue weighted by atomic mass is 16.1. The predicted molar refractivity (Wildman–Crippen MR) is 68.9 cm³/mol. The molecule has 0 aromatic heterocycles. The smallest absolute Gasteiger partial charge is 0.234 e. The maximum atomic E-state index is 11.6. The zero-order chi connectivity index (χ0) is 12.4. The summed E-state index contributed by atoms with van der Waals surface area (Å²) in [7, 11) is 2.24. The fraction of sp³-hybridized carbons (Fsp3) is 0.923. The summed E-state index contributed by atoms with van der Waals surface area (Å²) in [5, 5.41) is 6.33. The highest BCUT2D eigenvalue weighted by Gasteiger charge is 2.38. The van der Waals surface area contributed by atoms with Crippen LogP contribution in [0, 0.1) is 0 Å². The minimum Gasteiger partial charge on any atom is -0.353 e. The number of carbonyl (C=O) groups is 1. The van der Waals surface area contributed by atoms with Gasteiger partial charge in [-0.2, -0.15) is 0 Å². The van der Waals surface area contributed by atoms with Crippen molar-refractivity contribution in [1.82, 2.24) is 15.5 Å². The highest BCUT2D eigenvalue weighted by Crippen LogP contribution is 2.33. The van der Waals surface area contributed by atoms with Gasteiger partial charge in [0.05, 0.1) is 6.54 Å². The largest absolute Gasteiger partial charge is 0.353 e. The van der Waals surface area contributed by atoms with Gasteiger partial charge in [0.1, 0.15) is 0 Å². The molecule has 2 atom stereocenters. The van der Waals surface area contributed by atoms with Gasteiger partial charge in [-0.05, 0) is 46.6 Å². The first-order chi connectivity index (χ1) is 8.06. The van der Waals surface area contributed by atoms with E-state index in [1.54, 1.807) is 0 Å². The molecule has 0 saturated carbocycles. The predicted octanol–water partition coefficient (Wildman–Crippen LogP) is 0.726. The van der Waals surface area contributed by atoms with Crippen molar-refractivity contribution in [3.05, 3.63) is 0 Å². The van der Waals surface area contributed by atoms with Crippen molar-refractivity contribution in [2.45, 2.75) is 63.7 Å². The molecule has 0 spiro atoms. The lowest BCUT2D eigenvalue weighted by molar-refractivity contribution is -0.120. The molecule has 2 aliphatic heterocycles. The Hall–Kier alpha value is -0.610. The summed E-state index contributed by atoms with van der Waals surface area (Å²) in [5.41, 5.74) is 0. The summed E-state index contributed by atoms with van der Waals surface area (Å²) in [6.07, 6.45) is 5.05. The van der Waals surface area contributed by atoms with E-state index < -0.39 is 0 Å². The van der Waals surface area contributed by atoms with Crippen molar-refractivity contribution in [3.8, 4) is 0 Å². The second-order valence-electron chi connectivity index (χ2n) is 5.82. The SMILES string of the molecule is CC(C)NC(=O)CNC1CC2CCC(C1)N2C. The van der Waals surface area contributed by atoms with Crippen molar-refractivity contribution in [3.63, 3.8) is 0 Å². The van der Waals surface area contributed by atoms with Crippen LogP contribution in [0.25, 0.3) is 0 Å². The number of amides is 1. The van der Waals surface area contributed by atoms with Crippen molar-refractivity contribution < 1.29 is 4.79 Å². The van der Waals surface area contributed by atoms with Gasteiger partial charge in [0.25, 0.3) is 0 Å². The molecule has 0 aromatic rings.